The molecule has 0 radical (unpaired) electrons. The lowest BCUT2D eigenvalue weighted by atomic mass is 10.1. The Bertz CT molecular complexity index is 797. The van der Waals surface area contributed by atoms with Crippen molar-refractivity contribution in [2.45, 2.75) is 12.7 Å². The summed E-state index contributed by atoms with van der Waals surface area (Å²) in [5, 5.41) is 0.733. The van der Waals surface area contributed by atoms with E-state index >= 15 is 0 Å². The first kappa shape index (κ1) is 16.4. The second kappa shape index (κ2) is 7.39. The zero-order valence-corrected chi connectivity index (χ0v) is 14.8. The Morgan fingerprint density at radius 3 is 2.65 bits per heavy atom. The molecule has 3 rings (SSSR count). The van der Waals surface area contributed by atoms with Crippen LogP contribution < -0.4 is 0 Å². The SMILES string of the molecule is Cc1ccccc1C=C1N=C(SCc2ccc(Cl)cc2)SC1=O. The summed E-state index contributed by atoms with van der Waals surface area (Å²) in [6, 6.07) is 15.7. The third-order valence-electron chi connectivity index (χ3n) is 3.36. The van der Waals surface area contributed by atoms with E-state index in [1.165, 1.54) is 11.8 Å². The van der Waals surface area contributed by atoms with Gasteiger partial charge in [-0.1, -0.05) is 59.8 Å². The van der Waals surface area contributed by atoms with Crippen LogP contribution in [-0.4, -0.2) is 9.49 Å². The van der Waals surface area contributed by atoms with Gasteiger partial charge in [0.1, 0.15) is 10.1 Å². The molecule has 0 bridgehead atoms. The normalized spacial score (nSPS) is 16.0. The molecule has 2 aromatic rings. The van der Waals surface area contributed by atoms with Crippen molar-refractivity contribution < 1.29 is 4.79 Å². The quantitative estimate of drug-likeness (QED) is 0.672. The number of benzene rings is 2. The number of aryl methyl sites for hydroxylation is 1. The molecule has 0 aliphatic carbocycles. The molecule has 0 unspecified atom stereocenters. The number of aliphatic imine (C=N–C) groups is 1. The fraction of sp³-hybridized carbons (Fsp3) is 0.111. The van der Waals surface area contributed by atoms with E-state index in [1.54, 1.807) is 11.8 Å². The van der Waals surface area contributed by atoms with Crippen LogP contribution in [-0.2, 0) is 10.5 Å². The highest BCUT2D eigenvalue weighted by atomic mass is 35.5. The van der Waals surface area contributed by atoms with Crippen LogP contribution in [0.15, 0.2) is 59.2 Å². The van der Waals surface area contributed by atoms with Crippen LogP contribution in [0, 0.1) is 6.92 Å². The predicted octanol–water partition coefficient (Wildman–Crippen LogP) is 5.55. The van der Waals surface area contributed by atoms with Gasteiger partial charge in [-0.25, -0.2) is 4.99 Å². The molecule has 0 saturated carbocycles. The van der Waals surface area contributed by atoms with Crippen LogP contribution in [0.25, 0.3) is 6.08 Å². The lowest BCUT2D eigenvalue weighted by Crippen LogP contribution is -1.89. The summed E-state index contributed by atoms with van der Waals surface area (Å²) in [5.41, 5.74) is 3.84. The number of nitrogens with zero attached hydrogens (tertiary/aromatic N) is 1. The van der Waals surface area contributed by atoms with Gasteiger partial charge < -0.3 is 0 Å². The number of carbonyl (C=O) groups excluding carboxylic acids is 1. The Balaban J connectivity index is 1.71. The lowest BCUT2D eigenvalue weighted by Gasteiger charge is -2.00. The second-order valence-electron chi connectivity index (χ2n) is 5.07. The van der Waals surface area contributed by atoms with Gasteiger partial charge in [-0.15, -0.1) is 0 Å². The van der Waals surface area contributed by atoms with Crippen molar-refractivity contribution in [3.63, 3.8) is 0 Å². The van der Waals surface area contributed by atoms with Crippen molar-refractivity contribution in [3.8, 4) is 0 Å². The number of halogens is 1. The smallest absolute Gasteiger partial charge is 0.244 e. The van der Waals surface area contributed by atoms with Crippen LogP contribution in [0.1, 0.15) is 16.7 Å². The van der Waals surface area contributed by atoms with E-state index < -0.39 is 0 Å². The summed E-state index contributed by atoms with van der Waals surface area (Å²) in [6.07, 6.45) is 1.86. The molecule has 0 saturated heterocycles. The summed E-state index contributed by atoms with van der Waals surface area (Å²) in [6.45, 7) is 2.03. The highest BCUT2D eigenvalue weighted by Gasteiger charge is 2.22. The highest BCUT2D eigenvalue weighted by Crippen LogP contribution is 2.33. The van der Waals surface area contributed by atoms with Crippen LogP contribution in [0.5, 0.6) is 0 Å². The first-order valence-corrected chi connectivity index (χ1v) is 9.25. The number of carbonyl (C=O) groups is 1. The topological polar surface area (TPSA) is 29.4 Å². The molecule has 1 aliphatic rings. The standard InChI is InChI=1S/C18H14ClNOS2/c1-12-4-2-3-5-14(12)10-16-17(21)23-18(20-16)22-11-13-6-8-15(19)9-7-13/h2-10H,11H2,1H3. The molecule has 23 heavy (non-hydrogen) atoms. The molecule has 0 spiro atoms. The van der Waals surface area contributed by atoms with Crippen molar-refractivity contribution in [2.24, 2.45) is 4.99 Å². The number of rotatable bonds is 3. The molecular weight excluding hydrogens is 346 g/mol. The third-order valence-corrected chi connectivity index (χ3v) is 5.69. The van der Waals surface area contributed by atoms with Crippen LogP contribution in [0.2, 0.25) is 5.02 Å². The number of thioether (sulfide) groups is 2. The van der Waals surface area contributed by atoms with Gasteiger partial charge in [0.25, 0.3) is 0 Å². The number of hydrogen-bond acceptors (Lipinski definition) is 4. The van der Waals surface area contributed by atoms with E-state index in [-0.39, 0.29) is 5.12 Å². The molecule has 2 aromatic carbocycles. The Hall–Kier alpha value is -1.49. The Labute approximate surface area is 149 Å². The molecule has 2 nitrogen and oxygen atoms in total. The summed E-state index contributed by atoms with van der Waals surface area (Å²) in [7, 11) is 0. The van der Waals surface area contributed by atoms with Gasteiger partial charge in [0.05, 0.1) is 0 Å². The minimum absolute atomic E-state index is 0.00635. The van der Waals surface area contributed by atoms with Gasteiger partial charge in [0.15, 0.2) is 0 Å². The maximum absolute atomic E-state index is 12.1. The molecule has 0 amide bonds. The monoisotopic (exact) mass is 359 g/mol. The summed E-state index contributed by atoms with van der Waals surface area (Å²) in [5.74, 6) is 0.772. The van der Waals surface area contributed by atoms with E-state index in [0.29, 0.717) is 5.70 Å². The fourth-order valence-corrected chi connectivity index (χ4v) is 4.00. The molecular formula is C18H14ClNOS2. The van der Waals surface area contributed by atoms with E-state index in [1.807, 2.05) is 61.5 Å². The van der Waals surface area contributed by atoms with Crippen molar-refractivity contribution in [3.05, 3.63) is 75.9 Å². The van der Waals surface area contributed by atoms with Gasteiger partial charge >= 0.3 is 0 Å². The van der Waals surface area contributed by atoms with Crippen molar-refractivity contribution >= 4 is 50.7 Å². The van der Waals surface area contributed by atoms with Gasteiger partial charge in [-0.2, -0.15) is 0 Å². The largest absolute Gasteiger partial charge is 0.279 e. The minimum Gasteiger partial charge on any atom is -0.279 e. The molecule has 5 heteroatoms. The van der Waals surface area contributed by atoms with Gasteiger partial charge in [-0.05, 0) is 53.6 Å². The van der Waals surface area contributed by atoms with Crippen molar-refractivity contribution in [1.29, 1.82) is 0 Å². The van der Waals surface area contributed by atoms with Gasteiger partial charge in [0.2, 0.25) is 5.12 Å². The van der Waals surface area contributed by atoms with E-state index in [4.69, 9.17) is 11.6 Å². The molecule has 1 heterocycles. The zero-order valence-electron chi connectivity index (χ0n) is 12.5. The first-order valence-electron chi connectivity index (χ1n) is 7.07. The highest BCUT2D eigenvalue weighted by molar-refractivity contribution is 8.45. The predicted molar refractivity (Wildman–Crippen MR) is 102 cm³/mol. The molecule has 0 atom stereocenters. The van der Waals surface area contributed by atoms with Crippen LogP contribution in [0.4, 0.5) is 0 Å². The van der Waals surface area contributed by atoms with E-state index in [2.05, 4.69) is 4.99 Å². The molecule has 1 aliphatic heterocycles. The first-order chi connectivity index (χ1) is 11.1. The molecule has 116 valence electrons. The maximum atomic E-state index is 12.1. The Morgan fingerprint density at radius 2 is 1.91 bits per heavy atom. The average Bonchev–Trinajstić information content (AvgIpc) is 2.89. The van der Waals surface area contributed by atoms with Crippen molar-refractivity contribution in [2.75, 3.05) is 0 Å². The van der Waals surface area contributed by atoms with Gasteiger partial charge in [0, 0.05) is 10.8 Å². The Kier molecular flexibility index (Phi) is 5.26. The Morgan fingerprint density at radius 1 is 1.17 bits per heavy atom. The molecule has 0 N–H and O–H groups in total. The van der Waals surface area contributed by atoms with Crippen molar-refractivity contribution in [1.82, 2.24) is 0 Å². The summed E-state index contributed by atoms with van der Waals surface area (Å²) < 4.78 is 0.796. The van der Waals surface area contributed by atoms with Gasteiger partial charge in [-0.3, -0.25) is 4.79 Å². The van der Waals surface area contributed by atoms with E-state index in [9.17, 15) is 4.79 Å². The lowest BCUT2D eigenvalue weighted by molar-refractivity contribution is -0.107. The second-order valence-corrected chi connectivity index (χ2v) is 7.69. The number of hydrogen-bond donors (Lipinski definition) is 0. The fourth-order valence-electron chi connectivity index (χ4n) is 2.07. The maximum Gasteiger partial charge on any atom is 0.244 e. The summed E-state index contributed by atoms with van der Waals surface area (Å²) in [4.78, 5) is 16.6. The zero-order chi connectivity index (χ0) is 16.2. The summed E-state index contributed by atoms with van der Waals surface area (Å²) >= 11 is 8.65. The average molecular weight is 360 g/mol. The molecule has 0 aromatic heterocycles. The van der Waals surface area contributed by atoms with Crippen LogP contribution in [0.3, 0.4) is 0 Å². The minimum atomic E-state index is 0.00635. The van der Waals surface area contributed by atoms with Crippen LogP contribution >= 0.6 is 35.1 Å². The molecule has 0 fully saturated rings. The van der Waals surface area contributed by atoms with E-state index in [0.717, 1.165) is 31.8 Å². The third kappa shape index (κ3) is 4.28.